The highest BCUT2D eigenvalue weighted by Crippen LogP contribution is 2.46. The number of amidine groups is 1. The van der Waals surface area contributed by atoms with Gasteiger partial charge in [-0.25, -0.2) is 4.79 Å². The van der Waals surface area contributed by atoms with Gasteiger partial charge in [-0.05, 0) is 68.9 Å². The third-order valence-electron chi connectivity index (χ3n) is 7.38. The van der Waals surface area contributed by atoms with Gasteiger partial charge in [0.25, 0.3) is 5.91 Å². The lowest BCUT2D eigenvalue weighted by Crippen LogP contribution is -2.52. The molecule has 0 saturated heterocycles. The zero-order valence-electron chi connectivity index (χ0n) is 22.7. The highest BCUT2D eigenvalue weighted by atomic mass is 16.6. The second-order valence-corrected chi connectivity index (χ2v) is 11.3. The zero-order valence-corrected chi connectivity index (χ0v) is 22.7. The lowest BCUT2D eigenvalue weighted by Gasteiger charge is -2.43. The first-order chi connectivity index (χ1) is 18.7. The van der Waals surface area contributed by atoms with E-state index in [2.05, 4.69) is 51.9 Å². The summed E-state index contributed by atoms with van der Waals surface area (Å²) >= 11 is 0. The maximum Gasteiger partial charge on any atom is 0.408 e. The fraction of sp³-hybridized carbons (Fsp3) is 0.387. The standard InChI is InChI=1S/C31H36N4O4/c1-30(2,3)39-29(38)34-31(16-7-17-31)24-13-10-21(11-14-24)26-27(22-8-5-4-6-9-22)35-20-23(12-15-25(35)33-26)28(37)32-18-19-36/h4-6,8-15,20,26-27,36H,7,16-19H2,1-3H3,(H,32,37)(H,34,38). The van der Waals surface area contributed by atoms with E-state index in [0.717, 1.165) is 41.8 Å². The largest absolute Gasteiger partial charge is 0.444 e. The van der Waals surface area contributed by atoms with Gasteiger partial charge in [-0.1, -0.05) is 54.6 Å². The molecule has 2 unspecified atom stereocenters. The van der Waals surface area contributed by atoms with Crippen molar-refractivity contribution in [3.05, 3.63) is 95.2 Å². The van der Waals surface area contributed by atoms with Crippen LogP contribution in [0.15, 0.2) is 83.5 Å². The molecular weight excluding hydrogens is 492 g/mol. The van der Waals surface area contributed by atoms with E-state index in [4.69, 9.17) is 14.8 Å². The average molecular weight is 529 g/mol. The molecule has 3 aliphatic rings. The Bertz CT molecular complexity index is 1300. The summed E-state index contributed by atoms with van der Waals surface area (Å²) < 4.78 is 5.53. The van der Waals surface area contributed by atoms with E-state index in [9.17, 15) is 9.59 Å². The van der Waals surface area contributed by atoms with Crippen LogP contribution in [0.4, 0.5) is 4.79 Å². The Balaban J connectivity index is 1.42. The van der Waals surface area contributed by atoms with Crippen LogP contribution >= 0.6 is 0 Å². The van der Waals surface area contributed by atoms with Gasteiger partial charge in [0.1, 0.15) is 17.5 Å². The smallest absolute Gasteiger partial charge is 0.408 e. The Morgan fingerprint density at radius 3 is 2.38 bits per heavy atom. The minimum atomic E-state index is -0.554. The number of rotatable bonds is 7. The van der Waals surface area contributed by atoms with Crippen molar-refractivity contribution in [2.75, 3.05) is 13.2 Å². The number of nitrogens with one attached hydrogen (secondary N) is 2. The fourth-order valence-corrected chi connectivity index (χ4v) is 5.38. The Morgan fingerprint density at radius 1 is 1.05 bits per heavy atom. The van der Waals surface area contributed by atoms with Crippen molar-refractivity contribution in [2.45, 2.75) is 63.3 Å². The van der Waals surface area contributed by atoms with Gasteiger partial charge in [0, 0.05) is 12.7 Å². The fourth-order valence-electron chi connectivity index (χ4n) is 5.38. The van der Waals surface area contributed by atoms with Crippen molar-refractivity contribution in [1.29, 1.82) is 0 Å². The first kappa shape index (κ1) is 26.7. The van der Waals surface area contributed by atoms with E-state index < -0.39 is 17.2 Å². The summed E-state index contributed by atoms with van der Waals surface area (Å²) in [6.07, 6.45) is 7.86. The zero-order chi connectivity index (χ0) is 27.6. The molecule has 8 nitrogen and oxygen atoms in total. The van der Waals surface area contributed by atoms with Crippen molar-refractivity contribution >= 4 is 17.8 Å². The molecule has 5 rings (SSSR count). The molecular formula is C31H36N4O4. The van der Waals surface area contributed by atoms with Gasteiger partial charge >= 0.3 is 6.09 Å². The number of aliphatic hydroxyl groups excluding tert-OH is 1. The van der Waals surface area contributed by atoms with Crippen LogP contribution in [-0.4, -0.2) is 46.6 Å². The highest BCUT2D eigenvalue weighted by Gasteiger charge is 2.42. The number of hydrogen-bond donors (Lipinski definition) is 3. The van der Waals surface area contributed by atoms with Crippen LogP contribution in [0.1, 0.15) is 68.8 Å². The molecule has 2 aromatic rings. The van der Waals surface area contributed by atoms with E-state index in [1.807, 2.05) is 51.2 Å². The number of amides is 2. The maximum atomic E-state index is 12.6. The Kier molecular flexibility index (Phi) is 7.32. The number of hydrogen-bond acceptors (Lipinski definition) is 6. The first-order valence-corrected chi connectivity index (χ1v) is 13.5. The van der Waals surface area contributed by atoms with Crippen LogP contribution in [0.2, 0.25) is 0 Å². The average Bonchev–Trinajstić information content (AvgIpc) is 3.28. The number of alkyl carbamates (subject to hydrolysis) is 1. The van der Waals surface area contributed by atoms with Crippen molar-refractivity contribution < 1.29 is 19.4 Å². The van der Waals surface area contributed by atoms with Crippen LogP contribution < -0.4 is 10.6 Å². The lowest BCUT2D eigenvalue weighted by molar-refractivity contribution is -0.117. The lowest BCUT2D eigenvalue weighted by atomic mass is 9.71. The number of carbonyl (C=O) groups is 2. The van der Waals surface area contributed by atoms with Crippen LogP contribution in [0.3, 0.4) is 0 Å². The molecule has 1 saturated carbocycles. The van der Waals surface area contributed by atoms with Gasteiger partial charge in [0.05, 0.1) is 23.8 Å². The molecule has 2 aromatic carbocycles. The number of benzene rings is 2. The molecule has 39 heavy (non-hydrogen) atoms. The van der Waals surface area contributed by atoms with E-state index in [-0.39, 0.29) is 31.1 Å². The van der Waals surface area contributed by atoms with Gasteiger partial charge in [-0.3, -0.25) is 9.79 Å². The highest BCUT2D eigenvalue weighted by molar-refractivity contribution is 6.04. The SMILES string of the molecule is CC(C)(C)OC(=O)NC1(c2ccc(C3N=C4C=CC(C(=O)NCCO)=CN4C3c3ccccc3)cc2)CCC1. The summed E-state index contributed by atoms with van der Waals surface area (Å²) in [5.74, 6) is 0.556. The van der Waals surface area contributed by atoms with E-state index in [1.54, 1.807) is 6.08 Å². The molecule has 2 aliphatic heterocycles. The summed E-state index contributed by atoms with van der Waals surface area (Å²) in [6, 6.07) is 18.2. The normalized spacial score (nSPS) is 21.3. The molecule has 1 fully saturated rings. The number of aliphatic imine (C=N–C) groups is 1. The Labute approximate surface area is 229 Å². The predicted molar refractivity (Wildman–Crippen MR) is 150 cm³/mol. The number of ether oxygens (including phenoxy) is 1. The van der Waals surface area contributed by atoms with E-state index in [0.29, 0.717) is 5.57 Å². The minimum absolute atomic E-state index is 0.113. The Hall–Kier alpha value is -3.91. The van der Waals surface area contributed by atoms with Crippen LogP contribution in [0, 0.1) is 0 Å². The van der Waals surface area contributed by atoms with Crippen LogP contribution in [0.25, 0.3) is 0 Å². The molecule has 1 aliphatic carbocycles. The maximum absolute atomic E-state index is 12.6. The predicted octanol–water partition coefficient (Wildman–Crippen LogP) is 4.65. The van der Waals surface area contributed by atoms with Gasteiger partial charge < -0.3 is 25.4 Å². The van der Waals surface area contributed by atoms with Crippen molar-refractivity contribution in [3.63, 3.8) is 0 Å². The number of aliphatic hydroxyl groups is 1. The number of fused-ring (bicyclic) bond motifs is 1. The molecule has 8 heteroatoms. The van der Waals surface area contributed by atoms with Crippen LogP contribution in [-0.2, 0) is 15.1 Å². The van der Waals surface area contributed by atoms with E-state index >= 15 is 0 Å². The minimum Gasteiger partial charge on any atom is -0.444 e. The third-order valence-corrected chi connectivity index (χ3v) is 7.38. The molecule has 2 heterocycles. The Morgan fingerprint density at radius 2 is 1.77 bits per heavy atom. The summed E-state index contributed by atoms with van der Waals surface area (Å²) in [5, 5.41) is 14.9. The number of nitrogens with zero attached hydrogens (tertiary/aromatic N) is 2. The summed E-state index contributed by atoms with van der Waals surface area (Å²) in [6.45, 7) is 5.68. The monoisotopic (exact) mass is 528 g/mol. The van der Waals surface area contributed by atoms with Crippen molar-refractivity contribution in [1.82, 2.24) is 15.5 Å². The van der Waals surface area contributed by atoms with Crippen molar-refractivity contribution in [2.24, 2.45) is 4.99 Å². The summed E-state index contributed by atoms with van der Waals surface area (Å²) in [7, 11) is 0. The second kappa shape index (κ2) is 10.7. The van der Waals surface area contributed by atoms with Gasteiger partial charge in [0.15, 0.2) is 0 Å². The molecule has 204 valence electrons. The number of carbonyl (C=O) groups excluding carboxylic acids is 2. The molecule has 2 atom stereocenters. The molecule has 2 amide bonds. The molecule has 3 N–H and O–H groups in total. The molecule has 0 bridgehead atoms. The van der Waals surface area contributed by atoms with Crippen molar-refractivity contribution in [3.8, 4) is 0 Å². The van der Waals surface area contributed by atoms with Gasteiger partial charge in [0.2, 0.25) is 0 Å². The topological polar surface area (TPSA) is 103 Å². The van der Waals surface area contributed by atoms with Gasteiger partial charge in [-0.15, -0.1) is 0 Å². The third kappa shape index (κ3) is 5.61. The quantitative estimate of drug-likeness (QED) is 0.486. The molecule has 0 aromatic heterocycles. The van der Waals surface area contributed by atoms with Gasteiger partial charge in [-0.2, -0.15) is 0 Å². The van der Waals surface area contributed by atoms with Crippen LogP contribution in [0.5, 0.6) is 0 Å². The molecule has 0 radical (unpaired) electrons. The summed E-state index contributed by atoms with van der Waals surface area (Å²) in [4.78, 5) is 32.3. The van der Waals surface area contributed by atoms with E-state index in [1.165, 1.54) is 0 Å². The molecule has 0 spiro atoms. The first-order valence-electron chi connectivity index (χ1n) is 13.5. The second-order valence-electron chi connectivity index (χ2n) is 11.3. The summed E-state index contributed by atoms with van der Waals surface area (Å²) in [5.41, 5.74) is 2.75.